The normalized spacial score (nSPS) is 25.9. The number of ether oxygens (including phenoxy) is 1. The molecule has 2 rings (SSSR count). The van der Waals surface area contributed by atoms with Gasteiger partial charge in [-0.1, -0.05) is 41.5 Å². The highest BCUT2D eigenvalue weighted by Gasteiger charge is 2.84. The minimum absolute atomic E-state index is 0.00443. The maximum atomic E-state index is 15.2. The van der Waals surface area contributed by atoms with Gasteiger partial charge in [0.1, 0.15) is 6.10 Å². The second-order valence-corrected chi connectivity index (χ2v) is 15.9. The standard InChI is InChI=1S/C28H38F9NO7S/c1-14-12-15(2)18(16(3)13-14)45-19(39)17-8-10-38(11-9-17)22(42)25(29,30)27(34,35)28(36,37)46(43,44)24(7,20(40)23(4,5)6)21(41)26(31,32)33/h14-18H,8-13H2,1-7H3. The largest absolute Gasteiger partial charge is 0.462 e. The van der Waals surface area contributed by atoms with Gasteiger partial charge >= 0.3 is 29.2 Å². The molecule has 0 radical (unpaired) electrons. The molecule has 1 saturated heterocycles. The Morgan fingerprint density at radius 2 is 1.17 bits per heavy atom. The summed E-state index contributed by atoms with van der Waals surface area (Å²) >= 11 is 0. The molecule has 1 saturated carbocycles. The van der Waals surface area contributed by atoms with Crippen LogP contribution in [0.5, 0.6) is 0 Å². The number of amides is 1. The number of esters is 1. The van der Waals surface area contributed by atoms with E-state index in [1.54, 1.807) is 0 Å². The number of halogens is 9. The molecule has 1 amide bonds. The Morgan fingerprint density at radius 3 is 1.57 bits per heavy atom. The van der Waals surface area contributed by atoms with Crippen molar-refractivity contribution in [2.24, 2.45) is 29.1 Å². The molecular weight excluding hydrogens is 665 g/mol. The third-order valence-corrected chi connectivity index (χ3v) is 11.1. The number of carbonyl (C=O) groups is 4. The number of hydrogen-bond donors (Lipinski definition) is 0. The van der Waals surface area contributed by atoms with Crippen LogP contribution in [0.3, 0.4) is 0 Å². The minimum atomic E-state index is -7.83. The first-order valence-electron chi connectivity index (χ1n) is 14.4. The second kappa shape index (κ2) is 12.6. The Hall–Kier alpha value is -2.40. The van der Waals surface area contributed by atoms with Crippen LogP contribution >= 0.6 is 0 Å². The van der Waals surface area contributed by atoms with Crippen LogP contribution in [-0.4, -0.2) is 84.0 Å². The molecule has 0 aromatic rings. The number of Topliss-reactive ketones (excluding diaryl/α,β-unsaturated/α-hetero) is 2. The molecule has 0 bridgehead atoms. The summed E-state index contributed by atoms with van der Waals surface area (Å²) in [4.78, 5) is 50.1. The van der Waals surface area contributed by atoms with Gasteiger partial charge < -0.3 is 9.64 Å². The van der Waals surface area contributed by atoms with E-state index < -0.39 is 112 Å². The molecule has 2 fully saturated rings. The average Bonchev–Trinajstić information content (AvgIpc) is 2.91. The highest BCUT2D eigenvalue weighted by Crippen LogP contribution is 2.53. The first kappa shape index (κ1) is 39.8. The van der Waals surface area contributed by atoms with E-state index in [2.05, 4.69) is 0 Å². The zero-order valence-electron chi connectivity index (χ0n) is 26.2. The molecule has 1 aliphatic heterocycles. The van der Waals surface area contributed by atoms with E-state index in [9.17, 15) is 58.3 Å². The highest BCUT2D eigenvalue weighted by atomic mass is 32.2. The topological polar surface area (TPSA) is 115 Å². The molecule has 3 atom stereocenters. The van der Waals surface area contributed by atoms with Crippen LogP contribution in [0, 0.1) is 29.1 Å². The first-order chi connectivity index (χ1) is 20.4. The van der Waals surface area contributed by atoms with Gasteiger partial charge in [-0.05, 0) is 50.4 Å². The fourth-order valence-corrected chi connectivity index (χ4v) is 8.14. The summed E-state index contributed by atoms with van der Waals surface area (Å²) in [5.41, 5.74) is -2.37. The molecule has 1 aliphatic carbocycles. The SMILES string of the molecule is CC1CC(C)C(OC(=O)C2CCN(C(=O)C(F)(F)C(F)(F)C(F)(F)S(=O)(=O)C(C)(C(=O)C(C)(C)C)C(=O)C(F)(F)F)CC2)C(C)C1. The second-order valence-electron chi connectivity index (χ2n) is 13.6. The van der Waals surface area contributed by atoms with Crippen molar-refractivity contribution in [3.8, 4) is 0 Å². The van der Waals surface area contributed by atoms with Crippen molar-refractivity contribution in [3.63, 3.8) is 0 Å². The maximum absolute atomic E-state index is 15.2. The van der Waals surface area contributed by atoms with Crippen LogP contribution < -0.4 is 0 Å². The van der Waals surface area contributed by atoms with Crippen molar-refractivity contribution in [1.82, 2.24) is 4.90 Å². The predicted molar refractivity (Wildman–Crippen MR) is 144 cm³/mol. The minimum Gasteiger partial charge on any atom is -0.462 e. The summed E-state index contributed by atoms with van der Waals surface area (Å²) < 4.78 is 156. The fraction of sp³-hybridized carbons (Fsp3) is 0.857. The lowest BCUT2D eigenvalue weighted by Crippen LogP contribution is -2.70. The summed E-state index contributed by atoms with van der Waals surface area (Å²) in [7, 11) is -7.83. The molecule has 8 nitrogen and oxygen atoms in total. The first-order valence-corrected chi connectivity index (χ1v) is 15.9. The summed E-state index contributed by atoms with van der Waals surface area (Å²) in [5.74, 6) is -24.3. The summed E-state index contributed by atoms with van der Waals surface area (Å²) in [5, 5.41) is -7.26. The van der Waals surface area contributed by atoms with Crippen LogP contribution in [-0.2, 0) is 33.8 Å². The van der Waals surface area contributed by atoms with Gasteiger partial charge in [-0.3, -0.25) is 19.2 Å². The number of rotatable bonds is 9. The Balaban J connectivity index is 2.35. The monoisotopic (exact) mass is 703 g/mol. The molecule has 0 aromatic carbocycles. The van der Waals surface area contributed by atoms with Crippen molar-refractivity contribution in [3.05, 3.63) is 0 Å². The number of ketones is 2. The quantitative estimate of drug-likeness (QED) is 0.174. The van der Waals surface area contributed by atoms with Crippen LogP contribution in [0.4, 0.5) is 39.5 Å². The molecule has 3 unspecified atom stereocenters. The Morgan fingerprint density at radius 1 is 0.739 bits per heavy atom. The summed E-state index contributed by atoms with van der Waals surface area (Å²) in [6.07, 6.45) is -6.12. The van der Waals surface area contributed by atoms with E-state index in [-0.39, 0.29) is 16.7 Å². The van der Waals surface area contributed by atoms with Crippen molar-refractivity contribution in [1.29, 1.82) is 0 Å². The van der Waals surface area contributed by atoms with Gasteiger partial charge in [-0.2, -0.15) is 39.5 Å². The zero-order chi connectivity index (χ0) is 36.2. The van der Waals surface area contributed by atoms with E-state index in [1.807, 2.05) is 20.8 Å². The van der Waals surface area contributed by atoms with Gasteiger partial charge in [0, 0.05) is 18.5 Å². The summed E-state index contributed by atoms with van der Waals surface area (Å²) in [6.45, 7) is 5.62. The molecule has 1 heterocycles. The molecular formula is C28H38F9NO7S. The van der Waals surface area contributed by atoms with E-state index in [4.69, 9.17) is 4.74 Å². The van der Waals surface area contributed by atoms with Gasteiger partial charge in [-0.15, -0.1) is 0 Å². The predicted octanol–water partition coefficient (Wildman–Crippen LogP) is 5.62. The van der Waals surface area contributed by atoms with E-state index in [0.29, 0.717) is 26.7 Å². The smallest absolute Gasteiger partial charge is 0.452 e. The van der Waals surface area contributed by atoms with Gasteiger partial charge in [-0.25, -0.2) is 8.42 Å². The molecule has 266 valence electrons. The molecule has 0 spiro atoms. The highest BCUT2D eigenvalue weighted by molar-refractivity contribution is 7.95. The number of hydrogen-bond acceptors (Lipinski definition) is 7. The molecule has 0 aromatic heterocycles. The third-order valence-electron chi connectivity index (χ3n) is 8.75. The zero-order valence-corrected chi connectivity index (χ0v) is 27.1. The van der Waals surface area contributed by atoms with Crippen LogP contribution in [0.2, 0.25) is 0 Å². The number of alkyl halides is 9. The number of sulfone groups is 1. The van der Waals surface area contributed by atoms with Crippen LogP contribution in [0.15, 0.2) is 0 Å². The van der Waals surface area contributed by atoms with Crippen LogP contribution in [0.25, 0.3) is 0 Å². The summed E-state index contributed by atoms with van der Waals surface area (Å²) in [6, 6.07) is 0. The van der Waals surface area contributed by atoms with Crippen molar-refractivity contribution in [2.45, 2.75) is 108 Å². The van der Waals surface area contributed by atoms with Gasteiger partial charge in [0.2, 0.25) is 14.6 Å². The van der Waals surface area contributed by atoms with Gasteiger partial charge in [0.05, 0.1) is 5.92 Å². The lowest BCUT2D eigenvalue weighted by molar-refractivity contribution is -0.273. The number of nitrogens with zero attached hydrogens (tertiary/aromatic N) is 1. The van der Waals surface area contributed by atoms with E-state index >= 15 is 8.78 Å². The van der Waals surface area contributed by atoms with Crippen molar-refractivity contribution < 1.29 is 71.8 Å². The average molecular weight is 704 g/mol. The molecule has 18 heteroatoms. The van der Waals surface area contributed by atoms with Crippen molar-refractivity contribution in [2.75, 3.05) is 13.1 Å². The van der Waals surface area contributed by atoms with Crippen molar-refractivity contribution >= 4 is 33.3 Å². The third kappa shape index (κ3) is 6.64. The van der Waals surface area contributed by atoms with Crippen LogP contribution in [0.1, 0.15) is 74.1 Å². The maximum Gasteiger partial charge on any atom is 0.452 e. The van der Waals surface area contributed by atoms with E-state index in [1.165, 1.54) is 0 Å². The lowest BCUT2D eigenvalue weighted by atomic mass is 9.75. The Bertz CT molecular complexity index is 1280. The number of piperidine rings is 1. The van der Waals surface area contributed by atoms with Gasteiger partial charge in [0.15, 0.2) is 5.78 Å². The molecule has 46 heavy (non-hydrogen) atoms. The Labute approximate surface area is 260 Å². The number of carbonyl (C=O) groups excluding carboxylic acids is 4. The van der Waals surface area contributed by atoms with Gasteiger partial charge in [0.25, 0.3) is 11.7 Å². The fourth-order valence-electron chi connectivity index (χ4n) is 6.25. The Kier molecular flexibility index (Phi) is 10.9. The lowest BCUT2D eigenvalue weighted by Gasteiger charge is -2.40. The molecule has 0 N–H and O–H groups in total. The van der Waals surface area contributed by atoms with E-state index in [0.717, 1.165) is 12.8 Å². The molecule has 2 aliphatic rings. The number of likely N-dealkylation sites (tertiary alicyclic amines) is 1.